The van der Waals surface area contributed by atoms with E-state index in [1.807, 2.05) is 19.9 Å². The van der Waals surface area contributed by atoms with Crippen molar-refractivity contribution < 1.29 is 0 Å². The second kappa shape index (κ2) is 3.51. The van der Waals surface area contributed by atoms with Crippen LogP contribution in [0.4, 0.5) is 0 Å². The Kier molecular flexibility index (Phi) is 2.62. The van der Waals surface area contributed by atoms with Crippen molar-refractivity contribution in [3.8, 4) is 0 Å². The van der Waals surface area contributed by atoms with E-state index in [0.717, 1.165) is 11.3 Å². The summed E-state index contributed by atoms with van der Waals surface area (Å²) in [7, 11) is 0. The summed E-state index contributed by atoms with van der Waals surface area (Å²) < 4.78 is 0. The van der Waals surface area contributed by atoms with Crippen molar-refractivity contribution in [3.63, 3.8) is 0 Å². The first kappa shape index (κ1) is 8.96. The number of H-pyrrole nitrogens is 1. The van der Waals surface area contributed by atoms with Gasteiger partial charge in [-0.1, -0.05) is 0 Å². The van der Waals surface area contributed by atoms with Crippen LogP contribution in [0.1, 0.15) is 16.8 Å². The fourth-order valence-electron chi connectivity index (χ4n) is 1.20. The van der Waals surface area contributed by atoms with Crippen molar-refractivity contribution >= 4 is 0 Å². The Morgan fingerprint density at radius 2 is 2.25 bits per heavy atom. The molecule has 1 aromatic rings. The van der Waals surface area contributed by atoms with Crippen molar-refractivity contribution in [1.82, 2.24) is 10.4 Å². The van der Waals surface area contributed by atoms with E-state index in [9.17, 15) is 4.79 Å². The predicted molar refractivity (Wildman–Crippen MR) is 47.6 cm³/mol. The molecule has 0 aliphatic heterocycles. The van der Waals surface area contributed by atoms with Crippen molar-refractivity contribution in [2.45, 2.75) is 20.4 Å². The van der Waals surface area contributed by atoms with E-state index in [4.69, 9.17) is 5.84 Å². The Morgan fingerprint density at radius 3 is 2.75 bits per heavy atom. The van der Waals surface area contributed by atoms with Crippen LogP contribution in [0.5, 0.6) is 0 Å². The summed E-state index contributed by atoms with van der Waals surface area (Å²) in [5, 5.41) is 0. The highest BCUT2D eigenvalue weighted by Crippen LogP contribution is 2.01. The predicted octanol–water partition coefficient (Wildman–Crippen LogP) is -0.0450. The number of aryl methyl sites for hydroxylation is 2. The quantitative estimate of drug-likeness (QED) is 0.427. The molecule has 0 saturated carbocycles. The van der Waals surface area contributed by atoms with Gasteiger partial charge in [-0.3, -0.25) is 16.1 Å². The van der Waals surface area contributed by atoms with Crippen LogP contribution in [-0.4, -0.2) is 4.98 Å². The Morgan fingerprint density at radius 1 is 1.58 bits per heavy atom. The number of nitrogens with one attached hydrogen (secondary N) is 2. The molecule has 0 aliphatic rings. The minimum atomic E-state index is -0.0644. The van der Waals surface area contributed by atoms with E-state index in [1.54, 1.807) is 0 Å². The van der Waals surface area contributed by atoms with Crippen molar-refractivity contribution in [2.24, 2.45) is 5.84 Å². The highest BCUT2D eigenvalue weighted by Gasteiger charge is 2.02. The van der Waals surface area contributed by atoms with Gasteiger partial charge in [-0.2, -0.15) is 0 Å². The smallest absolute Gasteiger partial charge is 0.252 e. The molecule has 4 heteroatoms. The standard InChI is InChI=1S/C8H13N3O/c1-5-3-6(2)11-8(12)7(5)4-10-9/h3,10H,4,9H2,1-2H3,(H,11,12). The molecule has 4 N–H and O–H groups in total. The highest BCUT2D eigenvalue weighted by molar-refractivity contribution is 5.24. The molecule has 1 heterocycles. The molecule has 0 spiro atoms. The third-order valence-electron chi connectivity index (χ3n) is 1.77. The summed E-state index contributed by atoms with van der Waals surface area (Å²) >= 11 is 0. The van der Waals surface area contributed by atoms with E-state index in [1.165, 1.54) is 0 Å². The average molecular weight is 167 g/mol. The first-order chi connectivity index (χ1) is 5.65. The second-order valence-electron chi connectivity index (χ2n) is 2.82. The normalized spacial score (nSPS) is 10.2. The molecule has 0 saturated heterocycles. The van der Waals surface area contributed by atoms with Gasteiger partial charge in [0.1, 0.15) is 0 Å². The van der Waals surface area contributed by atoms with Gasteiger partial charge in [-0.05, 0) is 25.5 Å². The summed E-state index contributed by atoms with van der Waals surface area (Å²) in [5.74, 6) is 5.13. The number of aromatic amines is 1. The van der Waals surface area contributed by atoms with Gasteiger partial charge in [0, 0.05) is 17.8 Å². The van der Waals surface area contributed by atoms with Crippen LogP contribution in [0.15, 0.2) is 10.9 Å². The lowest BCUT2D eigenvalue weighted by atomic mass is 10.1. The maximum atomic E-state index is 11.3. The zero-order chi connectivity index (χ0) is 9.14. The van der Waals surface area contributed by atoms with Crippen LogP contribution >= 0.6 is 0 Å². The maximum Gasteiger partial charge on any atom is 0.252 e. The van der Waals surface area contributed by atoms with Crippen LogP contribution in [0.2, 0.25) is 0 Å². The van der Waals surface area contributed by atoms with Crippen molar-refractivity contribution in [3.05, 3.63) is 33.2 Å². The summed E-state index contributed by atoms with van der Waals surface area (Å²) in [6, 6.07) is 1.92. The van der Waals surface area contributed by atoms with Gasteiger partial charge in [0.25, 0.3) is 5.56 Å². The van der Waals surface area contributed by atoms with Crippen molar-refractivity contribution in [2.75, 3.05) is 0 Å². The van der Waals surface area contributed by atoms with E-state index in [-0.39, 0.29) is 5.56 Å². The topological polar surface area (TPSA) is 70.9 Å². The third kappa shape index (κ3) is 1.72. The molecule has 1 aromatic heterocycles. The molecule has 0 aromatic carbocycles. The molecular formula is C8H13N3O. The molecule has 0 radical (unpaired) electrons. The van der Waals surface area contributed by atoms with Crippen molar-refractivity contribution in [1.29, 1.82) is 0 Å². The molecule has 4 nitrogen and oxygen atoms in total. The molecule has 0 fully saturated rings. The second-order valence-corrected chi connectivity index (χ2v) is 2.82. The molecule has 66 valence electrons. The highest BCUT2D eigenvalue weighted by atomic mass is 16.1. The number of hydrogen-bond donors (Lipinski definition) is 3. The molecule has 1 rings (SSSR count). The first-order valence-electron chi connectivity index (χ1n) is 3.78. The van der Waals surface area contributed by atoms with Gasteiger partial charge < -0.3 is 4.98 Å². The molecule has 0 bridgehead atoms. The molecule has 12 heavy (non-hydrogen) atoms. The van der Waals surface area contributed by atoms with E-state index in [2.05, 4.69) is 10.4 Å². The average Bonchev–Trinajstić information content (AvgIpc) is 1.96. The monoisotopic (exact) mass is 167 g/mol. The van der Waals surface area contributed by atoms with Gasteiger partial charge in [-0.15, -0.1) is 0 Å². The summed E-state index contributed by atoms with van der Waals surface area (Å²) in [6.45, 7) is 4.16. The molecule has 0 aliphatic carbocycles. The molecule has 0 unspecified atom stereocenters. The summed E-state index contributed by atoms with van der Waals surface area (Å²) in [4.78, 5) is 14.0. The number of pyridine rings is 1. The number of hydrogen-bond acceptors (Lipinski definition) is 3. The maximum absolute atomic E-state index is 11.3. The van der Waals surface area contributed by atoms with Crippen LogP contribution in [0.3, 0.4) is 0 Å². The van der Waals surface area contributed by atoms with Gasteiger partial charge in [-0.25, -0.2) is 0 Å². The van der Waals surface area contributed by atoms with Gasteiger partial charge in [0.15, 0.2) is 0 Å². The molecular weight excluding hydrogens is 154 g/mol. The van der Waals surface area contributed by atoms with Crippen LogP contribution in [-0.2, 0) is 6.54 Å². The van der Waals surface area contributed by atoms with E-state index < -0.39 is 0 Å². The largest absolute Gasteiger partial charge is 0.326 e. The Bertz CT molecular complexity index is 330. The van der Waals surface area contributed by atoms with Gasteiger partial charge in [0.05, 0.1) is 0 Å². The molecule has 0 amide bonds. The van der Waals surface area contributed by atoms with Crippen LogP contribution < -0.4 is 16.8 Å². The van der Waals surface area contributed by atoms with Gasteiger partial charge in [0.2, 0.25) is 0 Å². The minimum Gasteiger partial charge on any atom is -0.326 e. The zero-order valence-corrected chi connectivity index (χ0v) is 7.27. The summed E-state index contributed by atoms with van der Waals surface area (Å²) in [5.41, 5.74) is 4.94. The number of hydrazine groups is 1. The lowest BCUT2D eigenvalue weighted by molar-refractivity contribution is 0.727. The third-order valence-corrected chi connectivity index (χ3v) is 1.77. The Labute approximate surface area is 70.8 Å². The fraction of sp³-hybridized carbons (Fsp3) is 0.375. The summed E-state index contributed by atoms with van der Waals surface area (Å²) in [6.07, 6.45) is 0. The minimum absolute atomic E-state index is 0.0644. The van der Waals surface area contributed by atoms with E-state index in [0.29, 0.717) is 12.1 Å². The number of rotatable bonds is 2. The SMILES string of the molecule is Cc1cc(C)c(CNN)c(=O)[nH]1. The fourth-order valence-corrected chi connectivity index (χ4v) is 1.20. The lowest BCUT2D eigenvalue weighted by Gasteiger charge is -2.04. The van der Waals surface area contributed by atoms with Crippen LogP contribution in [0.25, 0.3) is 0 Å². The van der Waals surface area contributed by atoms with Gasteiger partial charge >= 0.3 is 0 Å². The number of aromatic nitrogens is 1. The lowest BCUT2D eigenvalue weighted by Crippen LogP contribution is -2.27. The zero-order valence-electron chi connectivity index (χ0n) is 7.27. The Balaban J connectivity index is 3.19. The van der Waals surface area contributed by atoms with Crippen LogP contribution in [0, 0.1) is 13.8 Å². The first-order valence-corrected chi connectivity index (χ1v) is 3.78. The molecule has 0 atom stereocenters. The Hall–Kier alpha value is -1.13. The van der Waals surface area contributed by atoms with E-state index >= 15 is 0 Å². The number of nitrogens with two attached hydrogens (primary N) is 1.